The molecule has 2 aliphatic rings. The lowest BCUT2D eigenvalue weighted by Crippen LogP contribution is -2.30. The highest BCUT2D eigenvalue weighted by molar-refractivity contribution is 5.66. The summed E-state index contributed by atoms with van der Waals surface area (Å²) in [6.45, 7) is 2.06. The van der Waals surface area contributed by atoms with Gasteiger partial charge in [0.05, 0.1) is 12.7 Å². The molecule has 166 valence electrons. The molecule has 0 saturated heterocycles. The van der Waals surface area contributed by atoms with E-state index < -0.39 is 34.6 Å². The van der Waals surface area contributed by atoms with E-state index in [0.717, 1.165) is 44.9 Å². The van der Waals surface area contributed by atoms with Gasteiger partial charge in [0.15, 0.2) is 17.4 Å². The van der Waals surface area contributed by atoms with Gasteiger partial charge in [-0.25, -0.2) is 17.6 Å². The Morgan fingerprint density at radius 3 is 2.03 bits per heavy atom. The number of hydrogen-bond donors (Lipinski definition) is 0. The van der Waals surface area contributed by atoms with Crippen LogP contribution in [0.1, 0.15) is 56.9 Å². The van der Waals surface area contributed by atoms with E-state index in [9.17, 15) is 17.6 Å². The van der Waals surface area contributed by atoms with Crippen molar-refractivity contribution in [1.29, 1.82) is 0 Å². The van der Waals surface area contributed by atoms with Gasteiger partial charge in [0.1, 0.15) is 11.6 Å². The Kier molecular flexibility index (Phi) is 6.40. The molecule has 2 aliphatic carbocycles. The Balaban J connectivity index is 1.56. The summed E-state index contributed by atoms with van der Waals surface area (Å²) in [5.74, 6) is -2.09. The standard InChI is InChI=1S/C26H28F4O/c1-3-4-15-5-6-17-10-18(8-7-16(17)9-15)19-11-21(27)25(22(28)12-19)20-13-23(29)26(31-2)24(30)14-20/h3-4,11-18H,5-10H2,1-2H3/b4-3+. The summed E-state index contributed by atoms with van der Waals surface area (Å²) in [4.78, 5) is 0. The molecular formula is C26H28F4O. The Bertz CT molecular complexity index is 937. The van der Waals surface area contributed by atoms with Crippen LogP contribution in [0.15, 0.2) is 36.4 Å². The van der Waals surface area contributed by atoms with Crippen LogP contribution in [0, 0.1) is 41.0 Å². The number of hydrogen-bond acceptors (Lipinski definition) is 1. The Hall–Kier alpha value is -2.30. The number of rotatable bonds is 4. The Labute approximate surface area is 181 Å². The van der Waals surface area contributed by atoms with Gasteiger partial charge in [-0.3, -0.25) is 0 Å². The van der Waals surface area contributed by atoms with E-state index in [0.29, 0.717) is 23.3 Å². The van der Waals surface area contributed by atoms with Crippen LogP contribution in [-0.2, 0) is 0 Å². The van der Waals surface area contributed by atoms with Crippen molar-refractivity contribution in [2.75, 3.05) is 7.11 Å². The highest BCUT2D eigenvalue weighted by Crippen LogP contribution is 2.48. The molecule has 2 saturated carbocycles. The predicted octanol–water partition coefficient (Wildman–Crippen LogP) is 7.79. The fourth-order valence-corrected chi connectivity index (χ4v) is 5.68. The van der Waals surface area contributed by atoms with E-state index in [4.69, 9.17) is 0 Å². The molecule has 0 heterocycles. The van der Waals surface area contributed by atoms with Crippen LogP contribution in [0.3, 0.4) is 0 Å². The van der Waals surface area contributed by atoms with Gasteiger partial charge in [-0.2, -0.15) is 0 Å². The minimum atomic E-state index is -0.993. The number of allylic oxidation sites excluding steroid dienone is 2. The molecule has 1 nitrogen and oxygen atoms in total. The first-order valence-corrected chi connectivity index (χ1v) is 11.1. The van der Waals surface area contributed by atoms with E-state index in [1.54, 1.807) is 0 Å². The van der Waals surface area contributed by atoms with Crippen LogP contribution in [0.4, 0.5) is 17.6 Å². The summed E-state index contributed by atoms with van der Waals surface area (Å²) in [7, 11) is 1.14. The van der Waals surface area contributed by atoms with Crippen molar-refractivity contribution in [3.8, 4) is 16.9 Å². The fraction of sp³-hybridized carbons (Fsp3) is 0.462. The zero-order chi connectivity index (χ0) is 22.1. The molecule has 2 aromatic rings. The first kappa shape index (κ1) is 21.9. The highest BCUT2D eigenvalue weighted by atomic mass is 19.1. The number of fused-ring (bicyclic) bond motifs is 1. The van der Waals surface area contributed by atoms with Gasteiger partial charge < -0.3 is 4.74 Å². The van der Waals surface area contributed by atoms with Gasteiger partial charge in [0.2, 0.25) is 0 Å². The molecule has 0 N–H and O–H groups in total. The first-order valence-electron chi connectivity index (χ1n) is 11.1. The third-order valence-corrected chi connectivity index (χ3v) is 7.15. The van der Waals surface area contributed by atoms with Crippen molar-refractivity contribution in [1.82, 2.24) is 0 Å². The van der Waals surface area contributed by atoms with Crippen LogP contribution in [-0.4, -0.2) is 7.11 Å². The van der Waals surface area contributed by atoms with Gasteiger partial charge in [0.25, 0.3) is 0 Å². The molecule has 0 amide bonds. The number of benzene rings is 2. The molecule has 0 aliphatic heterocycles. The summed E-state index contributed by atoms with van der Waals surface area (Å²) in [6, 6.07) is 4.48. The van der Waals surface area contributed by atoms with Crippen LogP contribution >= 0.6 is 0 Å². The second-order valence-electron chi connectivity index (χ2n) is 8.96. The maximum absolute atomic E-state index is 14.9. The molecule has 0 bridgehead atoms. The topological polar surface area (TPSA) is 9.23 Å². The van der Waals surface area contributed by atoms with Crippen molar-refractivity contribution in [3.63, 3.8) is 0 Å². The van der Waals surface area contributed by atoms with E-state index in [1.807, 2.05) is 0 Å². The zero-order valence-electron chi connectivity index (χ0n) is 17.9. The average molecular weight is 433 g/mol. The summed E-state index contributed by atoms with van der Waals surface area (Å²) in [5, 5.41) is 0. The lowest BCUT2D eigenvalue weighted by Gasteiger charge is -2.42. The third kappa shape index (κ3) is 4.37. The summed E-state index contributed by atoms with van der Waals surface area (Å²) in [6.07, 6.45) is 10.9. The van der Waals surface area contributed by atoms with Gasteiger partial charge in [-0.1, -0.05) is 12.2 Å². The zero-order valence-corrected chi connectivity index (χ0v) is 17.9. The van der Waals surface area contributed by atoms with Crippen LogP contribution in [0.2, 0.25) is 0 Å². The summed E-state index contributed by atoms with van der Waals surface area (Å²) in [5.41, 5.74) is 0.0512. The number of ether oxygens (including phenoxy) is 1. The van der Waals surface area contributed by atoms with Crippen molar-refractivity contribution in [2.45, 2.75) is 51.4 Å². The Morgan fingerprint density at radius 2 is 1.42 bits per heavy atom. The van der Waals surface area contributed by atoms with Gasteiger partial charge in [-0.15, -0.1) is 0 Å². The molecule has 2 fully saturated rings. The first-order chi connectivity index (χ1) is 14.9. The van der Waals surface area contributed by atoms with Gasteiger partial charge >= 0.3 is 0 Å². The van der Waals surface area contributed by atoms with Crippen LogP contribution < -0.4 is 4.74 Å². The number of methoxy groups -OCH3 is 1. The number of halogens is 4. The Morgan fingerprint density at radius 1 is 0.806 bits per heavy atom. The summed E-state index contributed by atoms with van der Waals surface area (Å²) < 4.78 is 62.6. The van der Waals surface area contributed by atoms with Crippen LogP contribution in [0.5, 0.6) is 5.75 Å². The smallest absolute Gasteiger partial charge is 0.190 e. The lowest BCUT2D eigenvalue weighted by molar-refractivity contribution is 0.133. The second-order valence-corrected chi connectivity index (χ2v) is 8.96. The molecule has 0 aromatic heterocycles. The fourth-order valence-electron chi connectivity index (χ4n) is 5.68. The quantitative estimate of drug-likeness (QED) is 0.354. The van der Waals surface area contributed by atoms with E-state index >= 15 is 0 Å². The predicted molar refractivity (Wildman–Crippen MR) is 114 cm³/mol. The maximum Gasteiger partial charge on any atom is 0.190 e. The lowest BCUT2D eigenvalue weighted by atomic mass is 9.64. The van der Waals surface area contributed by atoms with Gasteiger partial charge in [-0.05, 0) is 105 Å². The molecule has 0 radical (unpaired) electrons. The second kappa shape index (κ2) is 9.05. The van der Waals surface area contributed by atoms with Crippen LogP contribution in [0.25, 0.3) is 11.1 Å². The van der Waals surface area contributed by atoms with Gasteiger partial charge in [0, 0.05) is 0 Å². The third-order valence-electron chi connectivity index (χ3n) is 7.15. The summed E-state index contributed by atoms with van der Waals surface area (Å²) >= 11 is 0. The van der Waals surface area contributed by atoms with Crippen molar-refractivity contribution in [3.05, 3.63) is 65.2 Å². The van der Waals surface area contributed by atoms with Crippen molar-refractivity contribution < 1.29 is 22.3 Å². The molecular weight excluding hydrogens is 404 g/mol. The molecule has 2 aromatic carbocycles. The minimum Gasteiger partial charge on any atom is -0.491 e. The largest absolute Gasteiger partial charge is 0.491 e. The average Bonchev–Trinajstić information content (AvgIpc) is 2.73. The SMILES string of the molecule is C/C=C/C1CCC2CC(c3cc(F)c(-c4cc(F)c(OC)c(F)c4)c(F)c3)CCC2C1. The van der Waals surface area contributed by atoms with Crippen molar-refractivity contribution in [2.24, 2.45) is 17.8 Å². The monoisotopic (exact) mass is 432 g/mol. The molecule has 4 atom stereocenters. The van der Waals surface area contributed by atoms with E-state index in [1.165, 1.54) is 25.0 Å². The molecule has 31 heavy (non-hydrogen) atoms. The normalized spacial score (nSPS) is 26.1. The van der Waals surface area contributed by atoms with E-state index in [-0.39, 0.29) is 11.5 Å². The van der Waals surface area contributed by atoms with Crippen molar-refractivity contribution >= 4 is 0 Å². The molecule has 4 unspecified atom stereocenters. The molecule has 0 spiro atoms. The highest BCUT2D eigenvalue weighted by Gasteiger charge is 2.35. The maximum atomic E-state index is 14.9. The minimum absolute atomic E-state index is 0.113. The molecule has 5 heteroatoms. The molecule has 4 rings (SSSR count). The van der Waals surface area contributed by atoms with E-state index in [2.05, 4.69) is 23.8 Å².